The van der Waals surface area contributed by atoms with Crippen molar-refractivity contribution in [1.82, 2.24) is 24.3 Å². The van der Waals surface area contributed by atoms with E-state index in [4.69, 9.17) is 14.7 Å². The van der Waals surface area contributed by atoms with E-state index in [2.05, 4.69) is 25.4 Å². The molecule has 1 saturated heterocycles. The lowest BCUT2D eigenvalue weighted by atomic mass is 10.0. The summed E-state index contributed by atoms with van der Waals surface area (Å²) in [6.07, 6.45) is 4.76. The monoisotopic (exact) mass is 738 g/mol. The highest BCUT2D eigenvalue weighted by molar-refractivity contribution is 7.90. The van der Waals surface area contributed by atoms with E-state index in [9.17, 15) is 22.0 Å². The molecule has 6 aromatic rings. The lowest BCUT2D eigenvalue weighted by molar-refractivity contribution is 0.102. The summed E-state index contributed by atoms with van der Waals surface area (Å²) in [5.74, 6) is -1.38. The van der Waals surface area contributed by atoms with E-state index in [-0.39, 0.29) is 11.3 Å². The second-order valence-corrected chi connectivity index (χ2v) is 14.9. The molecule has 0 unspecified atom stereocenters. The van der Waals surface area contributed by atoms with E-state index >= 15 is 0 Å². The molecule has 1 aliphatic rings. The number of carbonyl (C=O) groups is 1. The third kappa shape index (κ3) is 7.95. The minimum Gasteiger partial charge on any atom is -0.494 e. The molecule has 1 aliphatic heterocycles. The van der Waals surface area contributed by atoms with Gasteiger partial charge in [0, 0.05) is 74.3 Å². The van der Waals surface area contributed by atoms with E-state index < -0.39 is 33.1 Å². The molecule has 3 aromatic heterocycles. The van der Waals surface area contributed by atoms with Gasteiger partial charge in [0.2, 0.25) is 5.95 Å². The fourth-order valence-electron chi connectivity index (χ4n) is 6.23. The van der Waals surface area contributed by atoms with Crippen LogP contribution in [0, 0.1) is 11.6 Å². The molecular weight excluding hydrogens is 703 g/mol. The number of ether oxygens (including phenoxy) is 1. The molecule has 15 heteroatoms. The SMILES string of the molecule is COc1cc(N2CCN(CCS(C)(=O)=O)CC2)ccc1Nc1nccc(-c2c(-c3cccc(C(=O)Nc4c(F)cccc4F)c3)nc3ccccn23)n1. The number of fused-ring (bicyclic) bond motifs is 1. The van der Waals surface area contributed by atoms with E-state index in [1.807, 2.05) is 47.0 Å². The van der Waals surface area contributed by atoms with Crippen molar-refractivity contribution in [3.63, 3.8) is 0 Å². The van der Waals surface area contributed by atoms with Crippen LogP contribution < -0.4 is 20.3 Å². The minimum atomic E-state index is -3.01. The van der Waals surface area contributed by atoms with Crippen molar-refractivity contribution in [3.05, 3.63) is 115 Å². The lowest BCUT2D eigenvalue weighted by Gasteiger charge is -2.36. The number of halogens is 2. The fourth-order valence-corrected chi connectivity index (χ4v) is 6.82. The second kappa shape index (κ2) is 15.0. The zero-order valence-corrected chi connectivity index (χ0v) is 29.8. The fraction of sp³-hybridized carbons (Fsp3) is 0.211. The molecule has 272 valence electrons. The first-order valence-corrected chi connectivity index (χ1v) is 18.9. The summed E-state index contributed by atoms with van der Waals surface area (Å²) in [4.78, 5) is 31.7. The van der Waals surface area contributed by atoms with Gasteiger partial charge < -0.3 is 20.3 Å². The number of carbonyl (C=O) groups excluding carboxylic acids is 1. The van der Waals surface area contributed by atoms with Gasteiger partial charge in [-0.1, -0.05) is 24.3 Å². The van der Waals surface area contributed by atoms with Crippen LogP contribution in [0.1, 0.15) is 10.4 Å². The number of piperazine rings is 1. The third-order valence-corrected chi connectivity index (χ3v) is 9.90. The summed E-state index contributed by atoms with van der Waals surface area (Å²) < 4.78 is 59.4. The third-order valence-electron chi connectivity index (χ3n) is 8.97. The minimum absolute atomic E-state index is 0.149. The number of methoxy groups -OCH3 is 1. The highest BCUT2D eigenvalue weighted by Gasteiger charge is 2.22. The van der Waals surface area contributed by atoms with Crippen molar-refractivity contribution >= 4 is 44.4 Å². The number of nitrogens with zero attached hydrogens (tertiary/aromatic N) is 6. The number of sulfone groups is 1. The van der Waals surface area contributed by atoms with Crippen LogP contribution >= 0.6 is 0 Å². The Kier molecular flexibility index (Phi) is 10.0. The maximum Gasteiger partial charge on any atom is 0.255 e. The summed E-state index contributed by atoms with van der Waals surface area (Å²) in [5, 5.41) is 5.63. The van der Waals surface area contributed by atoms with Gasteiger partial charge in [0.15, 0.2) is 0 Å². The molecule has 2 N–H and O–H groups in total. The molecule has 0 aliphatic carbocycles. The Balaban J connectivity index is 1.14. The molecule has 0 spiro atoms. The van der Waals surface area contributed by atoms with Crippen LogP contribution in [0.25, 0.3) is 28.3 Å². The summed E-state index contributed by atoms with van der Waals surface area (Å²) in [7, 11) is -1.42. The highest BCUT2D eigenvalue weighted by Crippen LogP contribution is 2.35. The van der Waals surface area contributed by atoms with Gasteiger partial charge in [0.05, 0.1) is 35.6 Å². The number of hydrogen-bond acceptors (Lipinski definition) is 10. The van der Waals surface area contributed by atoms with Crippen LogP contribution in [0.2, 0.25) is 0 Å². The number of benzene rings is 3. The van der Waals surface area contributed by atoms with E-state index in [1.54, 1.807) is 43.6 Å². The number of aromatic nitrogens is 4. The Hall–Kier alpha value is -5.93. The topological polar surface area (TPSA) is 134 Å². The van der Waals surface area contributed by atoms with Gasteiger partial charge in [-0.05, 0) is 54.6 Å². The summed E-state index contributed by atoms with van der Waals surface area (Å²) in [6.45, 7) is 3.55. The Morgan fingerprint density at radius 3 is 2.43 bits per heavy atom. The van der Waals surface area contributed by atoms with Crippen molar-refractivity contribution in [3.8, 4) is 28.4 Å². The van der Waals surface area contributed by atoms with Crippen molar-refractivity contribution in [2.45, 2.75) is 0 Å². The average Bonchev–Trinajstić information content (AvgIpc) is 3.56. The maximum atomic E-state index is 14.3. The highest BCUT2D eigenvalue weighted by atomic mass is 32.2. The van der Waals surface area contributed by atoms with Gasteiger partial charge in [-0.25, -0.2) is 32.2 Å². The number of rotatable bonds is 11. The number of para-hydroxylation sites is 1. The summed E-state index contributed by atoms with van der Waals surface area (Å²) in [6, 6.07) is 23.2. The number of nitrogens with one attached hydrogen (secondary N) is 2. The standard InChI is InChI=1S/C38H36F2N8O4S/c1-52-32-24-27(47-19-17-46(18-20-47)21-22-53(2,50)51)12-13-30(32)42-38-41-15-14-31(43-38)36-34(44-33-11-3-4-16-48(33)36)25-7-5-8-26(23-25)37(49)45-35-28(39)9-6-10-29(35)40/h3-16,23-24H,17-22H2,1-2H3,(H,45,49)(H,41,42,43). The van der Waals surface area contributed by atoms with Crippen molar-refractivity contribution in [2.24, 2.45) is 0 Å². The van der Waals surface area contributed by atoms with Gasteiger partial charge in [0.25, 0.3) is 5.91 Å². The van der Waals surface area contributed by atoms with Crippen LogP contribution in [-0.4, -0.2) is 90.4 Å². The van der Waals surface area contributed by atoms with Gasteiger partial charge in [-0.15, -0.1) is 0 Å². The second-order valence-electron chi connectivity index (χ2n) is 12.6. The summed E-state index contributed by atoms with van der Waals surface area (Å²) in [5.41, 5.74) is 4.25. The van der Waals surface area contributed by atoms with Gasteiger partial charge in [-0.3, -0.25) is 14.1 Å². The van der Waals surface area contributed by atoms with Crippen LogP contribution in [0.4, 0.5) is 31.8 Å². The Bertz CT molecular complexity index is 2400. The number of hydrogen-bond donors (Lipinski definition) is 2. The van der Waals surface area contributed by atoms with Gasteiger partial charge in [-0.2, -0.15) is 0 Å². The maximum absolute atomic E-state index is 14.3. The van der Waals surface area contributed by atoms with Crippen LogP contribution in [-0.2, 0) is 9.84 Å². The molecule has 3 aromatic carbocycles. The smallest absolute Gasteiger partial charge is 0.255 e. The first kappa shape index (κ1) is 35.5. The number of pyridine rings is 1. The predicted molar refractivity (Wildman–Crippen MR) is 201 cm³/mol. The molecule has 0 atom stereocenters. The van der Waals surface area contributed by atoms with Crippen molar-refractivity contribution in [2.75, 3.05) is 67.4 Å². The molecule has 0 saturated carbocycles. The first-order valence-electron chi connectivity index (χ1n) is 16.8. The molecule has 0 bridgehead atoms. The van der Waals surface area contributed by atoms with Crippen LogP contribution in [0.5, 0.6) is 5.75 Å². The van der Waals surface area contributed by atoms with Crippen molar-refractivity contribution in [1.29, 1.82) is 0 Å². The number of amides is 1. The van der Waals surface area contributed by atoms with Crippen LogP contribution in [0.3, 0.4) is 0 Å². The lowest BCUT2D eigenvalue weighted by Crippen LogP contribution is -2.47. The molecule has 1 amide bonds. The Labute approximate surface area is 305 Å². The molecule has 4 heterocycles. The predicted octanol–water partition coefficient (Wildman–Crippen LogP) is 5.91. The van der Waals surface area contributed by atoms with Crippen molar-refractivity contribution < 1.29 is 26.7 Å². The zero-order chi connectivity index (χ0) is 37.1. The molecule has 12 nitrogen and oxygen atoms in total. The first-order chi connectivity index (χ1) is 25.6. The zero-order valence-electron chi connectivity index (χ0n) is 29.0. The molecule has 53 heavy (non-hydrogen) atoms. The number of imidazole rings is 1. The normalized spacial score (nSPS) is 13.6. The molecule has 0 radical (unpaired) electrons. The Morgan fingerprint density at radius 2 is 1.68 bits per heavy atom. The quantitative estimate of drug-likeness (QED) is 0.165. The summed E-state index contributed by atoms with van der Waals surface area (Å²) >= 11 is 0. The van der Waals surface area contributed by atoms with E-state index in [1.165, 1.54) is 12.3 Å². The molecule has 7 rings (SSSR count). The molecular formula is C38H36F2N8O4S. The van der Waals surface area contributed by atoms with Gasteiger partial charge >= 0.3 is 0 Å². The number of anilines is 4. The molecule has 1 fully saturated rings. The average molecular weight is 739 g/mol. The Morgan fingerprint density at radius 1 is 0.906 bits per heavy atom. The van der Waals surface area contributed by atoms with Gasteiger partial charge in [0.1, 0.15) is 38.6 Å². The largest absolute Gasteiger partial charge is 0.494 e. The van der Waals surface area contributed by atoms with Crippen LogP contribution in [0.15, 0.2) is 97.3 Å². The van der Waals surface area contributed by atoms with E-state index in [0.717, 1.165) is 44.0 Å². The van der Waals surface area contributed by atoms with E-state index in [0.29, 0.717) is 52.2 Å².